The Kier molecular flexibility index (Phi) is 6.62. The van der Waals surface area contributed by atoms with E-state index in [1.54, 1.807) is 0 Å². The predicted molar refractivity (Wildman–Crippen MR) is 82.4 cm³/mol. The van der Waals surface area contributed by atoms with E-state index in [-0.39, 0.29) is 5.97 Å². The van der Waals surface area contributed by atoms with Crippen LogP contribution in [-0.4, -0.2) is 12.6 Å². The van der Waals surface area contributed by atoms with Gasteiger partial charge in [0, 0.05) is 6.42 Å². The fraction of sp³-hybridized carbons (Fsp3) is 0.833. The maximum atomic E-state index is 11.2. The van der Waals surface area contributed by atoms with Crippen molar-refractivity contribution in [1.82, 2.24) is 0 Å². The average molecular weight is 278 g/mol. The van der Waals surface area contributed by atoms with Crippen molar-refractivity contribution in [3.63, 3.8) is 0 Å². The highest BCUT2D eigenvalue weighted by Gasteiger charge is 2.34. The summed E-state index contributed by atoms with van der Waals surface area (Å²) in [6.45, 7) is 2.38. The SMILES string of the molecule is CCOC(=O)CCCCCCCCC1C[C@@H]2C=C[C@H]1C2. The number of esters is 1. The van der Waals surface area contributed by atoms with Crippen LogP contribution in [0.1, 0.15) is 71.1 Å². The van der Waals surface area contributed by atoms with Crippen LogP contribution in [0.3, 0.4) is 0 Å². The Balaban J connectivity index is 1.37. The third-order valence-corrected chi connectivity index (χ3v) is 4.93. The van der Waals surface area contributed by atoms with E-state index in [0.29, 0.717) is 13.0 Å². The van der Waals surface area contributed by atoms with Crippen LogP contribution in [0.15, 0.2) is 12.2 Å². The van der Waals surface area contributed by atoms with Crippen molar-refractivity contribution in [2.24, 2.45) is 17.8 Å². The van der Waals surface area contributed by atoms with Crippen LogP contribution in [0.25, 0.3) is 0 Å². The summed E-state index contributed by atoms with van der Waals surface area (Å²) in [7, 11) is 0. The van der Waals surface area contributed by atoms with Crippen LogP contribution >= 0.6 is 0 Å². The number of carbonyl (C=O) groups is 1. The van der Waals surface area contributed by atoms with E-state index in [0.717, 1.165) is 24.2 Å². The second kappa shape index (κ2) is 8.49. The first kappa shape index (κ1) is 15.6. The molecule has 0 radical (unpaired) electrons. The molecule has 1 fully saturated rings. The highest BCUT2D eigenvalue weighted by molar-refractivity contribution is 5.69. The summed E-state index contributed by atoms with van der Waals surface area (Å²) in [4.78, 5) is 11.2. The number of allylic oxidation sites excluding steroid dienone is 2. The molecular formula is C18H30O2. The number of fused-ring (bicyclic) bond motifs is 2. The van der Waals surface area contributed by atoms with Crippen LogP contribution in [0, 0.1) is 17.8 Å². The highest BCUT2D eigenvalue weighted by Crippen LogP contribution is 2.45. The Bertz CT molecular complexity index is 321. The Morgan fingerprint density at radius 1 is 1.05 bits per heavy atom. The zero-order valence-corrected chi connectivity index (χ0v) is 13.0. The number of hydrogen-bond acceptors (Lipinski definition) is 2. The van der Waals surface area contributed by atoms with Crippen molar-refractivity contribution in [3.8, 4) is 0 Å². The zero-order chi connectivity index (χ0) is 14.2. The van der Waals surface area contributed by atoms with Gasteiger partial charge < -0.3 is 4.74 Å². The Morgan fingerprint density at radius 2 is 1.80 bits per heavy atom. The summed E-state index contributed by atoms with van der Waals surface area (Å²) < 4.78 is 4.92. The number of unbranched alkanes of at least 4 members (excludes halogenated alkanes) is 5. The third kappa shape index (κ3) is 4.96. The van der Waals surface area contributed by atoms with Gasteiger partial charge in [-0.1, -0.05) is 44.3 Å². The van der Waals surface area contributed by atoms with Gasteiger partial charge in [-0.15, -0.1) is 0 Å². The summed E-state index contributed by atoms with van der Waals surface area (Å²) in [6, 6.07) is 0. The van der Waals surface area contributed by atoms with E-state index in [1.165, 1.54) is 51.4 Å². The van der Waals surface area contributed by atoms with Gasteiger partial charge in [-0.2, -0.15) is 0 Å². The molecule has 2 aliphatic rings. The second-order valence-corrected chi connectivity index (χ2v) is 6.51. The molecule has 0 aromatic heterocycles. The summed E-state index contributed by atoms with van der Waals surface area (Å²) in [5.41, 5.74) is 0. The van der Waals surface area contributed by atoms with Crippen LogP contribution < -0.4 is 0 Å². The lowest BCUT2D eigenvalue weighted by Gasteiger charge is -2.17. The molecule has 0 spiro atoms. The van der Waals surface area contributed by atoms with Gasteiger partial charge in [0.25, 0.3) is 0 Å². The van der Waals surface area contributed by atoms with Gasteiger partial charge in [0.15, 0.2) is 0 Å². The van der Waals surface area contributed by atoms with Crippen molar-refractivity contribution in [1.29, 1.82) is 0 Å². The van der Waals surface area contributed by atoms with E-state index in [1.807, 2.05) is 6.92 Å². The topological polar surface area (TPSA) is 26.3 Å². The highest BCUT2D eigenvalue weighted by atomic mass is 16.5. The molecule has 0 heterocycles. The van der Waals surface area contributed by atoms with Gasteiger partial charge in [0.2, 0.25) is 0 Å². The lowest BCUT2D eigenvalue weighted by Crippen LogP contribution is -2.06. The molecule has 2 aliphatic carbocycles. The standard InChI is InChI=1S/C18H30O2/c1-2-20-18(19)10-8-6-4-3-5-7-9-16-13-15-11-12-17(16)14-15/h11-12,15-17H,2-10,13-14H2,1H3/t15-,16?,17-/m0/s1. The molecule has 0 saturated heterocycles. The van der Waals surface area contributed by atoms with E-state index < -0.39 is 0 Å². The summed E-state index contributed by atoms with van der Waals surface area (Å²) in [5.74, 6) is 2.81. The molecule has 2 rings (SSSR count). The largest absolute Gasteiger partial charge is 0.466 e. The molecule has 20 heavy (non-hydrogen) atoms. The Hall–Kier alpha value is -0.790. The molecule has 2 bridgehead atoms. The molecule has 0 aliphatic heterocycles. The molecule has 3 atom stereocenters. The van der Waals surface area contributed by atoms with Crippen molar-refractivity contribution in [3.05, 3.63) is 12.2 Å². The fourth-order valence-electron chi connectivity index (χ4n) is 3.84. The van der Waals surface area contributed by atoms with Gasteiger partial charge in [-0.3, -0.25) is 4.79 Å². The van der Waals surface area contributed by atoms with Crippen LogP contribution in [0.5, 0.6) is 0 Å². The Labute approximate surface area is 124 Å². The van der Waals surface area contributed by atoms with Gasteiger partial charge >= 0.3 is 5.97 Å². The molecule has 0 N–H and O–H groups in total. The molecular weight excluding hydrogens is 248 g/mol. The molecule has 1 saturated carbocycles. The van der Waals surface area contributed by atoms with Gasteiger partial charge in [0.05, 0.1) is 6.61 Å². The smallest absolute Gasteiger partial charge is 0.305 e. The fourth-order valence-corrected chi connectivity index (χ4v) is 3.84. The van der Waals surface area contributed by atoms with Gasteiger partial charge in [0.1, 0.15) is 0 Å². The first-order valence-corrected chi connectivity index (χ1v) is 8.63. The molecule has 114 valence electrons. The zero-order valence-electron chi connectivity index (χ0n) is 13.0. The number of carbonyl (C=O) groups excluding carboxylic acids is 1. The van der Waals surface area contributed by atoms with Crippen molar-refractivity contribution < 1.29 is 9.53 Å². The first-order valence-electron chi connectivity index (χ1n) is 8.63. The summed E-state index contributed by atoms with van der Waals surface area (Å²) in [5, 5.41) is 0. The molecule has 0 aromatic carbocycles. The molecule has 1 unspecified atom stereocenters. The van der Waals surface area contributed by atoms with E-state index in [9.17, 15) is 4.79 Å². The van der Waals surface area contributed by atoms with E-state index in [2.05, 4.69) is 12.2 Å². The molecule has 0 aromatic rings. The Morgan fingerprint density at radius 3 is 2.45 bits per heavy atom. The first-order chi connectivity index (χ1) is 9.79. The van der Waals surface area contributed by atoms with Crippen molar-refractivity contribution in [2.45, 2.75) is 71.1 Å². The third-order valence-electron chi connectivity index (χ3n) is 4.93. The number of hydrogen-bond donors (Lipinski definition) is 0. The molecule has 2 heteroatoms. The van der Waals surface area contributed by atoms with Gasteiger partial charge in [-0.25, -0.2) is 0 Å². The monoisotopic (exact) mass is 278 g/mol. The quantitative estimate of drug-likeness (QED) is 0.323. The van der Waals surface area contributed by atoms with Crippen LogP contribution in [0.4, 0.5) is 0 Å². The minimum atomic E-state index is -0.0307. The van der Waals surface area contributed by atoms with Gasteiger partial charge in [-0.05, 0) is 50.4 Å². The summed E-state index contributed by atoms with van der Waals surface area (Å²) in [6.07, 6.45) is 17.4. The van der Waals surface area contributed by atoms with E-state index in [4.69, 9.17) is 4.74 Å². The molecule has 2 nitrogen and oxygen atoms in total. The van der Waals surface area contributed by atoms with Crippen LogP contribution in [-0.2, 0) is 9.53 Å². The van der Waals surface area contributed by atoms with Crippen molar-refractivity contribution in [2.75, 3.05) is 6.61 Å². The lowest BCUT2D eigenvalue weighted by atomic mass is 9.88. The average Bonchev–Trinajstić information content (AvgIpc) is 3.04. The van der Waals surface area contributed by atoms with Crippen LogP contribution in [0.2, 0.25) is 0 Å². The maximum Gasteiger partial charge on any atom is 0.305 e. The second-order valence-electron chi connectivity index (χ2n) is 6.51. The predicted octanol–water partition coefficient (Wildman–Crippen LogP) is 4.88. The normalized spacial score (nSPS) is 27.1. The minimum absolute atomic E-state index is 0.0307. The lowest BCUT2D eigenvalue weighted by molar-refractivity contribution is -0.143. The minimum Gasteiger partial charge on any atom is -0.466 e. The van der Waals surface area contributed by atoms with Crippen molar-refractivity contribution >= 4 is 5.97 Å². The van der Waals surface area contributed by atoms with E-state index >= 15 is 0 Å². The maximum absolute atomic E-state index is 11.2. The number of ether oxygens (including phenoxy) is 1. The number of rotatable bonds is 10. The summed E-state index contributed by atoms with van der Waals surface area (Å²) >= 11 is 0. The molecule has 0 amide bonds.